The van der Waals surface area contributed by atoms with Crippen LogP contribution >= 0.6 is 11.3 Å². The molecule has 2 N–H and O–H groups in total. The predicted molar refractivity (Wildman–Crippen MR) is 111 cm³/mol. The number of benzene rings is 1. The minimum Gasteiger partial charge on any atom is -0.321 e. The molecule has 1 aromatic heterocycles. The van der Waals surface area contributed by atoms with Gasteiger partial charge in [-0.2, -0.15) is 0 Å². The van der Waals surface area contributed by atoms with Gasteiger partial charge in [0, 0.05) is 47.1 Å². The highest BCUT2D eigenvalue weighted by Crippen LogP contribution is 2.42. The molecule has 2 aromatic rings. The summed E-state index contributed by atoms with van der Waals surface area (Å²) < 4.78 is 0. The summed E-state index contributed by atoms with van der Waals surface area (Å²) in [5.41, 5.74) is 3.21. The fourth-order valence-electron chi connectivity index (χ4n) is 4.75. The molecule has 2 aliphatic heterocycles. The maximum absolute atomic E-state index is 12.7. The molecule has 28 heavy (non-hydrogen) atoms. The maximum Gasteiger partial charge on any atom is 0.279 e. The van der Waals surface area contributed by atoms with Crippen molar-refractivity contribution < 1.29 is 14.5 Å². The van der Waals surface area contributed by atoms with Crippen molar-refractivity contribution in [2.45, 2.75) is 38.1 Å². The van der Waals surface area contributed by atoms with E-state index in [0.717, 1.165) is 43.2 Å². The fourth-order valence-corrected chi connectivity index (χ4v) is 5.68. The third kappa shape index (κ3) is 3.47. The summed E-state index contributed by atoms with van der Waals surface area (Å²) in [6.45, 7) is 2.34. The van der Waals surface area contributed by atoms with Crippen LogP contribution in [0.4, 0.5) is 11.4 Å². The Morgan fingerprint density at radius 3 is 2.71 bits per heavy atom. The Kier molecular flexibility index (Phi) is 4.69. The standard InChI is InChI=1S/C22H25N3O2S/c26-20(23-16-5-7-17(8-6-16)25-11-1-2-21(25)27)14-24-12-9-19-18(10-13-28-19)22(24)15-3-4-15/h5-8,10,13,15,22H,1-4,9,11-12,14H2,(H,23,26)/p+1/t22-/m0/s1. The quantitative estimate of drug-likeness (QED) is 0.816. The van der Waals surface area contributed by atoms with Gasteiger partial charge < -0.3 is 15.1 Å². The van der Waals surface area contributed by atoms with Crippen molar-refractivity contribution in [2.24, 2.45) is 5.92 Å². The third-order valence-corrected chi connectivity index (χ3v) is 7.24. The summed E-state index contributed by atoms with van der Waals surface area (Å²) in [7, 11) is 0. The lowest BCUT2D eigenvalue weighted by Crippen LogP contribution is -3.14. The highest BCUT2D eigenvalue weighted by Gasteiger charge is 2.43. The second-order valence-corrected chi connectivity index (χ2v) is 9.19. The number of hydrogen-bond donors (Lipinski definition) is 2. The van der Waals surface area contributed by atoms with E-state index in [9.17, 15) is 9.59 Å². The lowest BCUT2D eigenvalue weighted by atomic mass is 9.96. The summed E-state index contributed by atoms with van der Waals surface area (Å²) in [6, 6.07) is 10.4. The molecule has 3 heterocycles. The SMILES string of the molecule is O=C(C[NH+]1CCc2sccc2[C@@H]1C1CC1)Nc1ccc(N2CCCC2=O)cc1. The number of hydrogen-bond acceptors (Lipinski definition) is 3. The van der Waals surface area contributed by atoms with E-state index in [0.29, 0.717) is 19.0 Å². The van der Waals surface area contributed by atoms with Crippen LogP contribution < -0.4 is 15.1 Å². The molecule has 146 valence electrons. The van der Waals surface area contributed by atoms with Crippen molar-refractivity contribution in [1.29, 1.82) is 0 Å². The van der Waals surface area contributed by atoms with Gasteiger partial charge in [-0.05, 0) is 55.0 Å². The van der Waals surface area contributed by atoms with E-state index >= 15 is 0 Å². The fraction of sp³-hybridized carbons (Fsp3) is 0.455. The molecule has 1 aromatic carbocycles. The maximum atomic E-state index is 12.7. The van der Waals surface area contributed by atoms with E-state index < -0.39 is 0 Å². The molecule has 0 spiro atoms. The second kappa shape index (κ2) is 7.33. The van der Waals surface area contributed by atoms with Crippen molar-refractivity contribution in [2.75, 3.05) is 29.9 Å². The number of nitrogens with one attached hydrogen (secondary N) is 2. The first-order chi connectivity index (χ1) is 13.7. The Labute approximate surface area is 169 Å². The molecular weight excluding hydrogens is 370 g/mol. The van der Waals surface area contributed by atoms with Crippen molar-refractivity contribution in [3.05, 3.63) is 46.2 Å². The van der Waals surface area contributed by atoms with Crippen LogP contribution in [0.25, 0.3) is 0 Å². The molecule has 0 bridgehead atoms. The van der Waals surface area contributed by atoms with Crippen molar-refractivity contribution in [3.8, 4) is 0 Å². The minimum absolute atomic E-state index is 0.0735. The Hall–Kier alpha value is -2.18. The molecule has 1 saturated heterocycles. The number of fused-ring (bicyclic) bond motifs is 1. The number of rotatable bonds is 5. The van der Waals surface area contributed by atoms with Crippen LogP contribution in [0.5, 0.6) is 0 Å². The Morgan fingerprint density at radius 1 is 1.18 bits per heavy atom. The van der Waals surface area contributed by atoms with Gasteiger partial charge in [0.15, 0.2) is 6.54 Å². The van der Waals surface area contributed by atoms with E-state index in [1.54, 1.807) is 0 Å². The average molecular weight is 397 g/mol. The Bertz CT molecular complexity index is 887. The number of carbonyl (C=O) groups is 2. The molecular formula is C22H26N3O2S+. The molecule has 1 saturated carbocycles. The van der Waals surface area contributed by atoms with E-state index in [-0.39, 0.29) is 11.8 Å². The topological polar surface area (TPSA) is 53.9 Å². The van der Waals surface area contributed by atoms with Crippen LogP contribution in [0.2, 0.25) is 0 Å². The normalized spacial score (nSPS) is 24.3. The van der Waals surface area contributed by atoms with Gasteiger partial charge in [-0.15, -0.1) is 11.3 Å². The molecule has 1 aliphatic carbocycles. The molecule has 5 nitrogen and oxygen atoms in total. The van der Waals surface area contributed by atoms with Crippen LogP contribution in [0.15, 0.2) is 35.7 Å². The van der Waals surface area contributed by atoms with Gasteiger partial charge >= 0.3 is 0 Å². The van der Waals surface area contributed by atoms with Gasteiger partial charge in [0.05, 0.1) is 6.54 Å². The van der Waals surface area contributed by atoms with Gasteiger partial charge in [0.2, 0.25) is 5.91 Å². The van der Waals surface area contributed by atoms with E-state index in [1.165, 1.54) is 28.2 Å². The summed E-state index contributed by atoms with van der Waals surface area (Å²) in [5.74, 6) is 1.00. The number of thiophene rings is 1. The summed E-state index contributed by atoms with van der Waals surface area (Å²) in [5, 5.41) is 5.26. The van der Waals surface area contributed by atoms with E-state index in [2.05, 4.69) is 16.8 Å². The zero-order chi connectivity index (χ0) is 19.1. The van der Waals surface area contributed by atoms with Crippen molar-refractivity contribution >= 4 is 34.5 Å². The molecule has 2 atom stereocenters. The first-order valence-corrected chi connectivity index (χ1v) is 11.2. The number of amides is 2. The number of anilines is 2. The van der Waals surface area contributed by atoms with Gasteiger partial charge in [-0.1, -0.05) is 0 Å². The van der Waals surface area contributed by atoms with E-state index in [4.69, 9.17) is 0 Å². The summed E-state index contributed by atoms with van der Waals surface area (Å²) in [4.78, 5) is 29.3. The van der Waals surface area contributed by atoms with Crippen LogP contribution in [0.1, 0.15) is 42.2 Å². The molecule has 0 radical (unpaired) electrons. The first-order valence-electron chi connectivity index (χ1n) is 10.3. The minimum atomic E-state index is 0.0735. The van der Waals surface area contributed by atoms with Crippen LogP contribution in [-0.4, -0.2) is 31.4 Å². The zero-order valence-corrected chi connectivity index (χ0v) is 16.8. The van der Waals surface area contributed by atoms with Crippen LogP contribution in [0.3, 0.4) is 0 Å². The van der Waals surface area contributed by atoms with Gasteiger partial charge in [-0.3, -0.25) is 9.59 Å². The second-order valence-electron chi connectivity index (χ2n) is 8.19. The third-order valence-electron chi connectivity index (χ3n) is 6.25. The monoisotopic (exact) mass is 396 g/mol. The summed E-state index contributed by atoms with van der Waals surface area (Å²) in [6.07, 6.45) is 5.22. The number of quaternary nitrogens is 1. The number of carbonyl (C=O) groups excluding carboxylic acids is 2. The van der Waals surface area contributed by atoms with E-state index in [1.807, 2.05) is 40.5 Å². The number of nitrogens with zero attached hydrogens (tertiary/aromatic N) is 1. The highest BCUT2D eigenvalue weighted by molar-refractivity contribution is 7.10. The average Bonchev–Trinajstić information content (AvgIpc) is 3.25. The lowest BCUT2D eigenvalue weighted by Gasteiger charge is -2.32. The Balaban J connectivity index is 1.23. The molecule has 3 aliphatic rings. The Morgan fingerprint density at radius 2 is 2.00 bits per heavy atom. The molecule has 1 unspecified atom stereocenters. The molecule has 6 heteroatoms. The highest BCUT2D eigenvalue weighted by atomic mass is 32.1. The predicted octanol–water partition coefficient (Wildman–Crippen LogP) is 2.41. The van der Waals surface area contributed by atoms with Gasteiger partial charge in [0.1, 0.15) is 6.04 Å². The smallest absolute Gasteiger partial charge is 0.279 e. The molecule has 5 rings (SSSR count). The van der Waals surface area contributed by atoms with Gasteiger partial charge in [-0.25, -0.2) is 0 Å². The largest absolute Gasteiger partial charge is 0.321 e. The van der Waals surface area contributed by atoms with Gasteiger partial charge in [0.25, 0.3) is 5.91 Å². The molecule has 2 amide bonds. The van der Waals surface area contributed by atoms with Crippen molar-refractivity contribution in [1.82, 2.24) is 0 Å². The van der Waals surface area contributed by atoms with Crippen LogP contribution in [-0.2, 0) is 16.0 Å². The zero-order valence-electron chi connectivity index (χ0n) is 15.9. The summed E-state index contributed by atoms with van der Waals surface area (Å²) >= 11 is 1.87. The van der Waals surface area contributed by atoms with Crippen LogP contribution in [0, 0.1) is 5.92 Å². The van der Waals surface area contributed by atoms with Crippen molar-refractivity contribution in [3.63, 3.8) is 0 Å². The molecule has 2 fully saturated rings. The lowest BCUT2D eigenvalue weighted by molar-refractivity contribution is -0.928. The first kappa shape index (κ1) is 17.9.